The van der Waals surface area contributed by atoms with Crippen LogP contribution in [0.2, 0.25) is 0 Å². The molecule has 0 spiro atoms. The molecule has 2 N–H and O–H groups in total. The first-order chi connectivity index (χ1) is 15.7. The lowest BCUT2D eigenvalue weighted by Gasteiger charge is -2.12. The van der Waals surface area contributed by atoms with Crippen LogP contribution in [0.1, 0.15) is 37.3 Å². The van der Waals surface area contributed by atoms with Crippen LogP contribution in [-0.2, 0) is 5.75 Å². The van der Waals surface area contributed by atoms with Gasteiger partial charge in [0.2, 0.25) is 0 Å². The van der Waals surface area contributed by atoms with E-state index in [-0.39, 0.29) is 17.2 Å². The van der Waals surface area contributed by atoms with E-state index in [0.29, 0.717) is 16.8 Å². The van der Waals surface area contributed by atoms with Crippen molar-refractivity contribution < 1.29 is 9.59 Å². The summed E-state index contributed by atoms with van der Waals surface area (Å²) in [4.78, 5) is 29.5. The number of carbonyl (C=O) groups excluding carboxylic acids is 2. The van der Waals surface area contributed by atoms with Crippen molar-refractivity contribution in [3.05, 3.63) is 114 Å². The molecule has 5 rings (SSSR count). The van der Waals surface area contributed by atoms with Crippen LogP contribution in [0.5, 0.6) is 0 Å². The number of nitrogens with one attached hydrogen (secondary N) is 2. The molecule has 0 saturated heterocycles. The predicted octanol–water partition coefficient (Wildman–Crippen LogP) is 5.18. The van der Waals surface area contributed by atoms with Gasteiger partial charge in [-0.3, -0.25) is 14.6 Å². The smallest absolute Gasteiger partial charge is 0.255 e. The maximum Gasteiger partial charge on any atom is 0.255 e. The summed E-state index contributed by atoms with van der Waals surface area (Å²) in [5.41, 5.74) is 4.61. The molecule has 7 heteroatoms. The van der Waals surface area contributed by atoms with E-state index in [1.807, 2.05) is 42.7 Å². The number of carbonyl (C=O) groups is 2. The zero-order valence-electron chi connectivity index (χ0n) is 17.1. The minimum Gasteiger partial charge on any atom is -0.332 e. The van der Waals surface area contributed by atoms with Crippen LogP contribution in [0, 0.1) is 0 Å². The van der Waals surface area contributed by atoms with Crippen molar-refractivity contribution in [2.75, 3.05) is 10.6 Å². The van der Waals surface area contributed by atoms with Crippen LogP contribution >= 0.6 is 11.8 Å². The molecule has 2 amide bonds. The second kappa shape index (κ2) is 8.72. The molecule has 158 valence electrons. The maximum atomic E-state index is 12.9. The average Bonchev–Trinajstić information content (AvgIpc) is 3.43. The molecule has 2 aromatic heterocycles. The Balaban J connectivity index is 1.30. The number of pyridine rings is 1. The van der Waals surface area contributed by atoms with E-state index in [1.165, 1.54) is 0 Å². The number of hydrogen-bond donors (Lipinski definition) is 2. The first-order valence-corrected chi connectivity index (χ1v) is 11.2. The van der Waals surface area contributed by atoms with Gasteiger partial charge in [-0.2, -0.15) is 0 Å². The quantitative estimate of drug-likeness (QED) is 0.448. The lowest BCUT2D eigenvalue weighted by molar-refractivity contribution is 0.101. The van der Waals surface area contributed by atoms with Crippen LogP contribution < -0.4 is 10.6 Å². The minimum absolute atomic E-state index is 0.154. The van der Waals surface area contributed by atoms with Crippen LogP contribution in [0.4, 0.5) is 11.4 Å². The molecule has 1 aliphatic rings. The molecule has 0 bridgehead atoms. The van der Waals surface area contributed by atoms with Crippen LogP contribution in [0.25, 0.3) is 0 Å². The molecular weight excluding hydrogens is 420 g/mol. The summed E-state index contributed by atoms with van der Waals surface area (Å²) in [6.07, 6.45) is 5.64. The summed E-state index contributed by atoms with van der Waals surface area (Å²) in [5, 5.41) is 6.02. The fraction of sp³-hybridized carbons (Fsp3) is 0.0800. The fourth-order valence-electron chi connectivity index (χ4n) is 3.71. The third-order valence-electron chi connectivity index (χ3n) is 5.29. The molecule has 1 atom stereocenters. The highest BCUT2D eigenvalue weighted by Gasteiger charge is 2.27. The number of aromatic nitrogens is 2. The van der Waals surface area contributed by atoms with Crippen molar-refractivity contribution in [2.24, 2.45) is 0 Å². The van der Waals surface area contributed by atoms with Gasteiger partial charge in [0.1, 0.15) is 5.37 Å². The Morgan fingerprint density at radius 2 is 1.72 bits per heavy atom. The van der Waals surface area contributed by atoms with Gasteiger partial charge in [-0.25, -0.2) is 0 Å². The van der Waals surface area contributed by atoms with Crippen molar-refractivity contribution >= 4 is 35.0 Å². The average molecular weight is 441 g/mol. The maximum absolute atomic E-state index is 12.9. The number of rotatable bonds is 5. The zero-order valence-corrected chi connectivity index (χ0v) is 17.9. The number of hydrogen-bond acceptors (Lipinski definition) is 4. The Morgan fingerprint density at radius 1 is 0.906 bits per heavy atom. The highest BCUT2D eigenvalue weighted by molar-refractivity contribution is 7.99. The molecule has 4 aromatic rings. The number of anilines is 2. The van der Waals surface area contributed by atoms with Gasteiger partial charge < -0.3 is 15.2 Å². The lowest BCUT2D eigenvalue weighted by Crippen LogP contribution is -2.15. The van der Waals surface area contributed by atoms with Gasteiger partial charge in [-0.1, -0.05) is 30.3 Å². The van der Waals surface area contributed by atoms with E-state index in [9.17, 15) is 9.59 Å². The first kappa shape index (κ1) is 20.1. The highest BCUT2D eigenvalue weighted by Crippen LogP contribution is 2.43. The first-order valence-electron chi connectivity index (χ1n) is 10.2. The molecule has 32 heavy (non-hydrogen) atoms. The number of nitrogens with zero attached hydrogens (tertiary/aromatic N) is 2. The normalized spacial score (nSPS) is 14.6. The number of benzene rings is 2. The Labute approximate surface area is 189 Å². The van der Waals surface area contributed by atoms with E-state index in [4.69, 9.17) is 0 Å². The highest BCUT2D eigenvalue weighted by atomic mass is 32.2. The monoisotopic (exact) mass is 440 g/mol. The molecule has 6 nitrogen and oxygen atoms in total. The van der Waals surface area contributed by atoms with Crippen LogP contribution in [-0.4, -0.2) is 21.4 Å². The van der Waals surface area contributed by atoms with E-state index in [2.05, 4.69) is 26.3 Å². The summed E-state index contributed by atoms with van der Waals surface area (Å²) in [5.74, 6) is 0.367. The van der Waals surface area contributed by atoms with Crippen molar-refractivity contribution in [3.8, 4) is 0 Å². The fourth-order valence-corrected chi connectivity index (χ4v) is 5.02. The largest absolute Gasteiger partial charge is 0.332 e. The second-order valence-electron chi connectivity index (χ2n) is 7.39. The molecule has 2 aromatic carbocycles. The van der Waals surface area contributed by atoms with Crippen molar-refractivity contribution in [1.82, 2.24) is 9.55 Å². The van der Waals surface area contributed by atoms with Crippen molar-refractivity contribution in [1.29, 1.82) is 0 Å². The lowest BCUT2D eigenvalue weighted by atomic mass is 10.1. The molecule has 0 saturated carbocycles. The third kappa shape index (κ3) is 4.02. The summed E-state index contributed by atoms with van der Waals surface area (Å²) in [6.45, 7) is 0. The topological polar surface area (TPSA) is 76.0 Å². The van der Waals surface area contributed by atoms with Crippen molar-refractivity contribution in [3.63, 3.8) is 0 Å². The van der Waals surface area contributed by atoms with Gasteiger partial charge in [0.05, 0.1) is 11.4 Å². The Hall–Kier alpha value is -3.84. The third-order valence-corrected chi connectivity index (χ3v) is 6.55. The van der Waals surface area contributed by atoms with Crippen LogP contribution in [0.3, 0.4) is 0 Å². The van der Waals surface area contributed by atoms with Gasteiger partial charge in [-0.15, -0.1) is 11.8 Å². The van der Waals surface area contributed by atoms with Crippen molar-refractivity contribution in [2.45, 2.75) is 11.1 Å². The van der Waals surface area contributed by atoms with E-state index in [0.717, 1.165) is 22.7 Å². The molecule has 3 heterocycles. The van der Waals surface area contributed by atoms with Gasteiger partial charge >= 0.3 is 0 Å². The van der Waals surface area contributed by atoms with E-state index in [1.54, 1.807) is 54.4 Å². The Kier molecular flexibility index (Phi) is 5.47. The van der Waals surface area contributed by atoms with Crippen LogP contribution in [0.15, 0.2) is 91.4 Å². The molecule has 1 aliphatic heterocycles. The second-order valence-corrected chi connectivity index (χ2v) is 8.46. The molecule has 0 aliphatic carbocycles. The van der Waals surface area contributed by atoms with Gasteiger partial charge in [0, 0.05) is 46.7 Å². The predicted molar refractivity (Wildman–Crippen MR) is 127 cm³/mol. The summed E-state index contributed by atoms with van der Waals surface area (Å²) >= 11 is 1.80. The summed E-state index contributed by atoms with van der Waals surface area (Å²) in [6, 6.07) is 21.8. The minimum atomic E-state index is -0.218. The molecule has 0 fully saturated rings. The molecular formula is C25H20N4O2S. The number of thioether (sulfide) groups is 1. The zero-order chi connectivity index (χ0) is 21.9. The standard InChI is InChI=1S/C25H20N4O2S/c30-23(17-6-2-1-3-7-17)27-20-10-4-8-18(14-20)24(31)28-21-11-13-29-22(21)16-32-25(29)19-9-5-12-26-15-19/h1-15,25H,16H2,(H,27,30)(H,28,31). The van der Waals surface area contributed by atoms with Gasteiger partial charge in [-0.05, 0) is 42.5 Å². The molecule has 0 radical (unpaired) electrons. The molecule has 1 unspecified atom stereocenters. The Morgan fingerprint density at radius 3 is 2.53 bits per heavy atom. The summed E-state index contributed by atoms with van der Waals surface area (Å²) < 4.78 is 2.17. The summed E-state index contributed by atoms with van der Waals surface area (Å²) in [7, 11) is 0. The number of amides is 2. The SMILES string of the molecule is O=C(Nc1cccc(C(=O)Nc2ccn3c2CSC3c2cccnc2)c1)c1ccccc1. The Bertz CT molecular complexity index is 1270. The number of fused-ring (bicyclic) bond motifs is 1. The van der Waals surface area contributed by atoms with E-state index >= 15 is 0 Å². The van der Waals surface area contributed by atoms with Gasteiger partial charge in [0.15, 0.2) is 0 Å². The van der Waals surface area contributed by atoms with E-state index < -0.39 is 0 Å². The van der Waals surface area contributed by atoms with Gasteiger partial charge in [0.25, 0.3) is 11.8 Å².